The summed E-state index contributed by atoms with van der Waals surface area (Å²) in [5.41, 5.74) is 3.81. The van der Waals surface area contributed by atoms with Gasteiger partial charge in [-0.05, 0) is 41.3 Å². The maximum Gasteiger partial charge on any atom is 0.0502 e. The molecule has 102 valence electrons. The minimum absolute atomic E-state index is 0.175. The van der Waals surface area contributed by atoms with Crippen LogP contribution in [0.2, 0.25) is 0 Å². The fourth-order valence-electron chi connectivity index (χ4n) is 2.58. The van der Waals surface area contributed by atoms with Crippen LogP contribution in [0.25, 0.3) is 10.1 Å². The van der Waals surface area contributed by atoms with Crippen LogP contribution in [-0.4, -0.2) is 11.7 Å². The quantitative estimate of drug-likeness (QED) is 0.745. The standard InChI is InChI=1S/C18H18OS/c1-13-6-8-14(9-7-13)15(11-19)10-16-12-20-18-5-3-2-4-17(16)18/h2-9,12,15,19H,10-11H2,1H3. The van der Waals surface area contributed by atoms with Crippen LogP contribution < -0.4 is 0 Å². The van der Waals surface area contributed by atoms with Gasteiger partial charge in [0, 0.05) is 10.6 Å². The Labute approximate surface area is 123 Å². The normalized spacial score (nSPS) is 12.7. The van der Waals surface area contributed by atoms with Crippen LogP contribution in [-0.2, 0) is 6.42 Å². The second kappa shape index (κ2) is 5.78. The molecule has 2 aromatic carbocycles. The van der Waals surface area contributed by atoms with E-state index in [4.69, 9.17) is 0 Å². The molecule has 0 fully saturated rings. The highest BCUT2D eigenvalue weighted by Gasteiger charge is 2.13. The summed E-state index contributed by atoms with van der Waals surface area (Å²) < 4.78 is 1.32. The molecular weight excluding hydrogens is 264 g/mol. The molecule has 0 spiro atoms. The third-order valence-electron chi connectivity index (χ3n) is 3.80. The maximum atomic E-state index is 9.72. The Balaban J connectivity index is 1.89. The molecule has 1 aromatic heterocycles. The monoisotopic (exact) mass is 282 g/mol. The van der Waals surface area contributed by atoms with Gasteiger partial charge in [0.2, 0.25) is 0 Å². The molecule has 3 aromatic rings. The van der Waals surface area contributed by atoms with E-state index in [2.05, 4.69) is 60.8 Å². The lowest BCUT2D eigenvalue weighted by atomic mass is 9.92. The summed E-state index contributed by atoms with van der Waals surface area (Å²) in [6.07, 6.45) is 0.892. The van der Waals surface area contributed by atoms with Crippen LogP contribution in [0.15, 0.2) is 53.9 Å². The Morgan fingerprint density at radius 2 is 1.80 bits per heavy atom. The van der Waals surface area contributed by atoms with Crippen molar-refractivity contribution in [2.24, 2.45) is 0 Å². The van der Waals surface area contributed by atoms with Gasteiger partial charge in [0.25, 0.3) is 0 Å². The van der Waals surface area contributed by atoms with E-state index in [1.54, 1.807) is 11.3 Å². The first-order valence-corrected chi connectivity index (χ1v) is 7.78. The first kappa shape index (κ1) is 13.3. The molecule has 1 N–H and O–H groups in total. The van der Waals surface area contributed by atoms with Gasteiger partial charge in [-0.2, -0.15) is 0 Å². The number of aryl methyl sites for hydroxylation is 1. The summed E-state index contributed by atoms with van der Waals surface area (Å²) in [4.78, 5) is 0. The van der Waals surface area contributed by atoms with Crippen LogP contribution in [0.3, 0.4) is 0 Å². The van der Waals surface area contributed by atoms with E-state index in [0.717, 1.165) is 6.42 Å². The van der Waals surface area contributed by atoms with Crippen LogP contribution >= 0.6 is 11.3 Å². The third-order valence-corrected chi connectivity index (χ3v) is 4.81. The van der Waals surface area contributed by atoms with E-state index >= 15 is 0 Å². The van der Waals surface area contributed by atoms with Gasteiger partial charge in [0.05, 0.1) is 6.61 Å². The van der Waals surface area contributed by atoms with Crippen LogP contribution in [0.1, 0.15) is 22.6 Å². The molecule has 1 nitrogen and oxygen atoms in total. The zero-order valence-electron chi connectivity index (χ0n) is 11.5. The molecule has 1 heterocycles. The topological polar surface area (TPSA) is 20.2 Å². The fraction of sp³-hybridized carbons (Fsp3) is 0.222. The number of rotatable bonds is 4. The van der Waals surface area contributed by atoms with Crippen molar-refractivity contribution in [3.63, 3.8) is 0 Å². The molecule has 0 aliphatic heterocycles. The Bertz CT molecular complexity index is 697. The van der Waals surface area contributed by atoms with Gasteiger partial charge >= 0.3 is 0 Å². The molecule has 2 heteroatoms. The van der Waals surface area contributed by atoms with Crippen molar-refractivity contribution in [2.45, 2.75) is 19.3 Å². The lowest BCUT2D eigenvalue weighted by molar-refractivity contribution is 0.264. The van der Waals surface area contributed by atoms with Crippen molar-refractivity contribution in [1.82, 2.24) is 0 Å². The van der Waals surface area contributed by atoms with Crippen molar-refractivity contribution in [3.05, 3.63) is 70.6 Å². The third kappa shape index (κ3) is 2.62. The van der Waals surface area contributed by atoms with Crippen LogP contribution in [0.5, 0.6) is 0 Å². The smallest absolute Gasteiger partial charge is 0.0502 e. The molecule has 0 amide bonds. The molecule has 0 aliphatic carbocycles. The molecule has 0 saturated carbocycles. The van der Waals surface area contributed by atoms with Crippen LogP contribution in [0.4, 0.5) is 0 Å². The molecule has 0 radical (unpaired) electrons. The maximum absolute atomic E-state index is 9.72. The van der Waals surface area contributed by atoms with E-state index in [1.165, 1.54) is 26.8 Å². The molecule has 0 aliphatic rings. The summed E-state index contributed by atoms with van der Waals surface area (Å²) in [6.45, 7) is 2.28. The van der Waals surface area contributed by atoms with Crippen molar-refractivity contribution < 1.29 is 5.11 Å². The minimum atomic E-state index is 0.175. The van der Waals surface area contributed by atoms with Gasteiger partial charge in [-0.3, -0.25) is 0 Å². The van der Waals surface area contributed by atoms with Gasteiger partial charge in [-0.15, -0.1) is 11.3 Å². The van der Waals surface area contributed by atoms with Crippen molar-refractivity contribution in [2.75, 3.05) is 6.61 Å². The predicted molar refractivity (Wildman–Crippen MR) is 86.5 cm³/mol. The van der Waals surface area contributed by atoms with Gasteiger partial charge < -0.3 is 5.11 Å². The second-order valence-corrected chi connectivity index (χ2v) is 6.16. The van der Waals surface area contributed by atoms with E-state index in [-0.39, 0.29) is 12.5 Å². The zero-order valence-corrected chi connectivity index (χ0v) is 12.4. The summed E-state index contributed by atoms with van der Waals surface area (Å²) in [5.74, 6) is 0.175. The SMILES string of the molecule is Cc1ccc(C(CO)Cc2csc3ccccc23)cc1. The average Bonchev–Trinajstić information content (AvgIpc) is 2.89. The summed E-state index contributed by atoms with van der Waals surface area (Å²) in [6, 6.07) is 17.0. The molecule has 0 bridgehead atoms. The lowest BCUT2D eigenvalue weighted by Gasteiger charge is -2.14. The number of hydrogen-bond donors (Lipinski definition) is 1. The first-order chi connectivity index (χ1) is 9.78. The van der Waals surface area contributed by atoms with E-state index < -0.39 is 0 Å². The van der Waals surface area contributed by atoms with Gasteiger partial charge in [0.1, 0.15) is 0 Å². The minimum Gasteiger partial charge on any atom is -0.396 e. The molecule has 1 atom stereocenters. The first-order valence-electron chi connectivity index (χ1n) is 6.90. The Morgan fingerprint density at radius 3 is 2.55 bits per heavy atom. The van der Waals surface area contributed by atoms with Gasteiger partial charge in [-0.1, -0.05) is 48.0 Å². The summed E-state index contributed by atoms with van der Waals surface area (Å²) in [5, 5.41) is 13.3. The highest BCUT2D eigenvalue weighted by atomic mass is 32.1. The molecule has 3 rings (SSSR count). The van der Waals surface area contributed by atoms with E-state index in [1.807, 2.05) is 0 Å². The van der Waals surface area contributed by atoms with Crippen molar-refractivity contribution in [3.8, 4) is 0 Å². The van der Waals surface area contributed by atoms with Crippen molar-refractivity contribution in [1.29, 1.82) is 0 Å². The van der Waals surface area contributed by atoms with Gasteiger partial charge in [0.15, 0.2) is 0 Å². The second-order valence-electron chi connectivity index (χ2n) is 5.25. The number of hydrogen-bond acceptors (Lipinski definition) is 2. The number of fused-ring (bicyclic) bond motifs is 1. The average molecular weight is 282 g/mol. The fourth-order valence-corrected chi connectivity index (χ4v) is 3.56. The predicted octanol–water partition coefficient (Wildman–Crippen LogP) is 4.53. The Hall–Kier alpha value is -1.64. The van der Waals surface area contributed by atoms with Crippen LogP contribution in [0, 0.1) is 6.92 Å². The van der Waals surface area contributed by atoms with Crippen molar-refractivity contribution >= 4 is 21.4 Å². The molecular formula is C18H18OS. The zero-order chi connectivity index (χ0) is 13.9. The summed E-state index contributed by atoms with van der Waals surface area (Å²) >= 11 is 1.78. The molecule has 20 heavy (non-hydrogen) atoms. The number of aliphatic hydroxyl groups is 1. The largest absolute Gasteiger partial charge is 0.396 e. The number of benzene rings is 2. The molecule has 0 saturated heterocycles. The molecule has 1 unspecified atom stereocenters. The number of aliphatic hydroxyl groups excluding tert-OH is 1. The highest BCUT2D eigenvalue weighted by molar-refractivity contribution is 7.17. The lowest BCUT2D eigenvalue weighted by Crippen LogP contribution is -2.07. The Morgan fingerprint density at radius 1 is 1.05 bits per heavy atom. The number of thiophene rings is 1. The Kier molecular flexibility index (Phi) is 3.86. The summed E-state index contributed by atoms with van der Waals surface area (Å²) in [7, 11) is 0. The van der Waals surface area contributed by atoms with E-state index in [0.29, 0.717) is 0 Å². The van der Waals surface area contributed by atoms with E-state index in [9.17, 15) is 5.11 Å². The van der Waals surface area contributed by atoms with Gasteiger partial charge in [-0.25, -0.2) is 0 Å². The highest BCUT2D eigenvalue weighted by Crippen LogP contribution is 2.30.